The van der Waals surface area contributed by atoms with Crippen molar-refractivity contribution in [2.45, 2.75) is 29.9 Å². The number of benzene rings is 1. The van der Waals surface area contributed by atoms with Crippen LogP contribution in [0.4, 0.5) is 0 Å². The third-order valence-corrected chi connectivity index (χ3v) is 8.22. The third-order valence-electron chi connectivity index (χ3n) is 4.99. The minimum Gasteiger partial charge on any atom is -0.493 e. The van der Waals surface area contributed by atoms with Gasteiger partial charge in [-0.3, -0.25) is 0 Å². The lowest BCUT2D eigenvalue weighted by Gasteiger charge is -2.29. The zero-order valence-corrected chi connectivity index (χ0v) is 18.4. The highest BCUT2D eigenvalue weighted by Crippen LogP contribution is 2.34. The Balaban J connectivity index is 1.54. The first kappa shape index (κ1) is 20.8. The molecule has 3 heterocycles. The molecule has 0 N–H and O–H groups in total. The van der Waals surface area contributed by atoms with Gasteiger partial charge in [0, 0.05) is 18.7 Å². The predicted molar refractivity (Wildman–Crippen MR) is 113 cm³/mol. The van der Waals surface area contributed by atoms with Crippen LogP contribution in [0.5, 0.6) is 11.5 Å². The molecule has 1 aromatic carbocycles. The first-order valence-corrected chi connectivity index (χ1v) is 12.0. The van der Waals surface area contributed by atoms with Gasteiger partial charge in [0.25, 0.3) is 10.0 Å². The summed E-state index contributed by atoms with van der Waals surface area (Å²) in [6, 6.07) is 8.83. The molecule has 30 heavy (non-hydrogen) atoms. The fourth-order valence-electron chi connectivity index (χ4n) is 3.50. The van der Waals surface area contributed by atoms with Gasteiger partial charge in [-0.15, -0.1) is 11.3 Å². The fourth-order valence-corrected chi connectivity index (χ4v) is 6.17. The fraction of sp³-hybridized carbons (Fsp3) is 0.400. The number of thiophene rings is 1. The maximum absolute atomic E-state index is 12.9. The predicted octanol–water partition coefficient (Wildman–Crippen LogP) is 3.77. The standard InChI is InChI=1S/C20H23N3O5S2/c1-3-27-16-9-8-14(12-17(16)26-2)19-21-20(28-22-19)15-6-4-10-23(13-15)30(24,25)18-7-5-11-29-18/h5,7-9,11-12,15H,3-4,6,10,13H2,1-2H3/t15-/m0/s1. The Kier molecular flexibility index (Phi) is 6.07. The summed E-state index contributed by atoms with van der Waals surface area (Å²) in [5.74, 6) is 1.98. The van der Waals surface area contributed by atoms with Crippen molar-refractivity contribution >= 4 is 21.4 Å². The number of rotatable bonds is 7. The summed E-state index contributed by atoms with van der Waals surface area (Å²) in [6.45, 7) is 3.27. The van der Waals surface area contributed by atoms with Crippen LogP contribution in [0.15, 0.2) is 44.4 Å². The number of hydrogen-bond donors (Lipinski definition) is 0. The smallest absolute Gasteiger partial charge is 0.252 e. The van der Waals surface area contributed by atoms with E-state index in [-0.39, 0.29) is 5.92 Å². The van der Waals surface area contributed by atoms with Gasteiger partial charge >= 0.3 is 0 Å². The molecule has 4 rings (SSSR count). The van der Waals surface area contributed by atoms with E-state index in [1.807, 2.05) is 19.1 Å². The Labute approximate surface area is 179 Å². The Bertz CT molecular complexity index is 1100. The summed E-state index contributed by atoms with van der Waals surface area (Å²) in [7, 11) is -1.92. The van der Waals surface area contributed by atoms with Gasteiger partial charge in [0.15, 0.2) is 11.5 Å². The van der Waals surface area contributed by atoms with E-state index in [1.165, 1.54) is 15.6 Å². The number of methoxy groups -OCH3 is 1. The Morgan fingerprint density at radius 3 is 2.90 bits per heavy atom. The number of sulfonamides is 1. The zero-order valence-electron chi connectivity index (χ0n) is 16.8. The third kappa shape index (κ3) is 4.07. The molecule has 1 aliphatic heterocycles. The molecule has 10 heteroatoms. The van der Waals surface area contributed by atoms with Gasteiger partial charge in [-0.1, -0.05) is 11.2 Å². The van der Waals surface area contributed by atoms with Crippen LogP contribution in [0.3, 0.4) is 0 Å². The van der Waals surface area contributed by atoms with E-state index < -0.39 is 10.0 Å². The lowest BCUT2D eigenvalue weighted by molar-refractivity contribution is 0.266. The summed E-state index contributed by atoms with van der Waals surface area (Å²) < 4.78 is 44.0. The SMILES string of the molecule is CCOc1ccc(-c2noc([C@H]3CCCN(S(=O)(=O)c4cccs4)C3)n2)cc1OC. The van der Waals surface area contributed by atoms with Gasteiger partial charge in [0.1, 0.15) is 4.21 Å². The van der Waals surface area contributed by atoms with Crippen molar-refractivity contribution < 1.29 is 22.4 Å². The first-order valence-electron chi connectivity index (χ1n) is 9.71. The van der Waals surface area contributed by atoms with Crippen LogP contribution in [0.1, 0.15) is 31.6 Å². The summed E-state index contributed by atoms with van der Waals surface area (Å²) >= 11 is 1.23. The first-order chi connectivity index (χ1) is 14.5. The van der Waals surface area contributed by atoms with Crippen LogP contribution in [0.2, 0.25) is 0 Å². The monoisotopic (exact) mass is 449 g/mol. The van der Waals surface area contributed by atoms with Crippen LogP contribution in [-0.4, -0.2) is 49.7 Å². The lowest BCUT2D eigenvalue weighted by atomic mass is 10.00. The molecule has 1 fully saturated rings. The van der Waals surface area contributed by atoms with Gasteiger partial charge in [-0.25, -0.2) is 8.42 Å². The lowest BCUT2D eigenvalue weighted by Crippen LogP contribution is -2.38. The number of piperidine rings is 1. The Morgan fingerprint density at radius 2 is 2.17 bits per heavy atom. The summed E-state index contributed by atoms with van der Waals surface area (Å²) in [4.78, 5) is 4.54. The molecule has 0 aliphatic carbocycles. The Hall–Kier alpha value is -2.43. The molecule has 1 aliphatic rings. The molecule has 0 saturated carbocycles. The van der Waals surface area contributed by atoms with Crippen LogP contribution in [-0.2, 0) is 10.0 Å². The second-order valence-corrected chi connectivity index (χ2v) is 10.0. The van der Waals surface area contributed by atoms with E-state index in [0.717, 1.165) is 18.4 Å². The van der Waals surface area contributed by atoms with E-state index in [9.17, 15) is 8.42 Å². The van der Waals surface area contributed by atoms with E-state index in [1.54, 1.807) is 30.7 Å². The van der Waals surface area contributed by atoms with E-state index in [2.05, 4.69) is 10.1 Å². The highest BCUT2D eigenvalue weighted by Gasteiger charge is 2.34. The van der Waals surface area contributed by atoms with Gasteiger partial charge in [-0.05, 0) is 49.4 Å². The van der Waals surface area contributed by atoms with Crippen molar-refractivity contribution in [2.75, 3.05) is 26.8 Å². The Morgan fingerprint density at radius 1 is 1.30 bits per heavy atom. The maximum Gasteiger partial charge on any atom is 0.252 e. The van der Waals surface area contributed by atoms with E-state index >= 15 is 0 Å². The minimum atomic E-state index is -3.49. The van der Waals surface area contributed by atoms with Crippen molar-refractivity contribution in [1.82, 2.24) is 14.4 Å². The van der Waals surface area contributed by atoms with Gasteiger partial charge in [0.2, 0.25) is 11.7 Å². The summed E-state index contributed by atoms with van der Waals surface area (Å²) in [6.07, 6.45) is 1.54. The average Bonchev–Trinajstić information content (AvgIpc) is 3.47. The number of aromatic nitrogens is 2. The van der Waals surface area contributed by atoms with Crippen LogP contribution in [0, 0.1) is 0 Å². The number of ether oxygens (including phenoxy) is 2. The molecular formula is C20H23N3O5S2. The van der Waals surface area contributed by atoms with Crippen molar-refractivity contribution in [3.05, 3.63) is 41.6 Å². The summed E-state index contributed by atoms with van der Waals surface area (Å²) in [5.41, 5.74) is 0.740. The highest BCUT2D eigenvalue weighted by atomic mass is 32.2. The van der Waals surface area contributed by atoms with Crippen molar-refractivity contribution in [1.29, 1.82) is 0 Å². The minimum absolute atomic E-state index is 0.140. The highest BCUT2D eigenvalue weighted by molar-refractivity contribution is 7.91. The molecule has 0 unspecified atom stereocenters. The summed E-state index contributed by atoms with van der Waals surface area (Å²) in [5, 5.41) is 5.87. The second-order valence-electron chi connectivity index (χ2n) is 6.89. The van der Waals surface area contributed by atoms with Gasteiger partial charge in [0.05, 0.1) is 19.6 Å². The number of hydrogen-bond acceptors (Lipinski definition) is 8. The molecule has 3 aromatic rings. The maximum atomic E-state index is 12.9. The molecule has 8 nitrogen and oxygen atoms in total. The quantitative estimate of drug-likeness (QED) is 0.542. The average molecular weight is 450 g/mol. The van der Waals surface area contributed by atoms with Gasteiger partial charge < -0.3 is 14.0 Å². The van der Waals surface area contributed by atoms with Crippen LogP contribution >= 0.6 is 11.3 Å². The molecule has 1 saturated heterocycles. The van der Waals surface area contributed by atoms with E-state index in [4.69, 9.17) is 14.0 Å². The second kappa shape index (κ2) is 8.75. The van der Waals surface area contributed by atoms with Crippen molar-refractivity contribution in [3.8, 4) is 22.9 Å². The normalized spacial score (nSPS) is 17.7. The molecule has 160 valence electrons. The topological polar surface area (TPSA) is 94.8 Å². The zero-order chi connectivity index (χ0) is 21.1. The van der Waals surface area contributed by atoms with Gasteiger partial charge in [-0.2, -0.15) is 9.29 Å². The molecule has 0 spiro atoms. The molecular weight excluding hydrogens is 426 g/mol. The van der Waals surface area contributed by atoms with E-state index in [0.29, 0.717) is 47.1 Å². The van der Waals surface area contributed by atoms with Crippen LogP contribution < -0.4 is 9.47 Å². The molecule has 2 aromatic heterocycles. The molecule has 0 bridgehead atoms. The largest absolute Gasteiger partial charge is 0.493 e. The van der Waals surface area contributed by atoms with Crippen LogP contribution in [0.25, 0.3) is 11.4 Å². The molecule has 0 radical (unpaired) electrons. The number of nitrogens with zero attached hydrogens (tertiary/aromatic N) is 3. The molecule has 1 atom stereocenters. The van der Waals surface area contributed by atoms with Crippen molar-refractivity contribution in [3.63, 3.8) is 0 Å². The molecule has 0 amide bonds. The van der Waals surface area contributed by atoms with Crippen molar-refractivity contribution in [2.24, 2.45) is 0 Å².